The molecule has 294 valence electrons. The van der Waals surface area contributed by atoms with Crippen LogP contribution in [0.5, 0.6) is 0 Å². The lowest BCUT2D eigenvalue weighted by Gasteiger charge is -2.43. The van der Waals surface area contributed by atoms with Gasteiger partial charge in [-0.2, -0.15) is 0 Å². The van der Waals surface area contributed by atoms with E-state index >= 15 is 0 Å². The minimum Gasteiger partial charge on any atom is -0.456 e. The smallest absolute Gasteiger partial charge is 0.333 e. The molecule has 0 atom stereocenters. The zero-order chi connectivity index (χ0) is 41.4. The van der Waals surface area contributed by atoms with E-state index in [1.807, 2.05) is 11.3 Å². The molecule has 5 heterocycles. The molecule has 2 aliphatic heterocycles. The van der Waals surface area contributed by atoms with E-state index in [0.29, 0.717) is 0 Å². The van der Waals surface area contributed by atoms with Crippen LogP contribution in [0.2, 0.25) is 0 Å². The second-order valence-corrected chi connectivity index (χ2v) is 20.2. The molecule has 11 aromatic rings. The van der Waals surface area contributed by atoms with Crippen LogP contribution in [-0.2, 0) is 10.8 Å². The third kappa shape index (κ3) is 4.27. The van der Waals surface area contributed by atoms with Crippen molar-refractivity contribution in [2.24, 2.45) is 0 Å². The highest BCUT2D eigenvalue weighted by Crippen LogP contribution is 2.58. The molecule has 0 fully saturated rings. The van der Waals surface area contributed by atoms with E-state index in [1.54, 1.807) is 0 Å². The van der Waals surface area contributed by atoms with Crippen molar-refractivity contribution in [1.29, 1.82) is 0 Å². The molecule has 3 aromatic heterocycles. The van der Waals surface area contributed by atoms with Crippen LogP contribution in [0.25, 0.3) is 86.5 Å². The Balaban J connectivity index is 1.23. The molecule has 0 radical (unpaired) electrons. The van der Waals surface area contributed by atoms with E-state index < -0.39 is 0 Å². The quantitative estimate of drug-likeness (QED) is 0.162. The number of para-hydroxylation sites is 2. The first-order valence-corrected chi connectivity index (χ1v) is 22.7. The van der Waals surface area contributed by atoms with Gasteiger partial charge in [0.1, 0.15) is 11.2 Å². The monoisotopic (exact) mass is 812 g/mol. The Morgan fingerprint density at radius 1 is 0.597 bits per heavy atom. The van der Waals surface area contributed by atoms with Crippen LogP contribution in [-0.4, -0.2) is 11.3 Å². The highest BCUT2D eigenvalue weighted by molar-refractivity contribution is 7.26. The van der Waals surface area contributed by atoms with Crippen molar-refractivity contribution in [3.63, 3.8) is 0 Å². The minimum atomic E-state index is -0.221. The Labute approximate surface area is 364 Å². The van der Waals surface area contributed by atoms with Crippen LogP contribution < -0.4 is 15.8 Å². The van der Waals surface area contributed by atoms with Gasteiger partial charge in [-0.3, -0.25) is 0 Å². The van der Waals surface area contributed by atoms with Crippen LogP contribution in [0.3, 0.4) is 0 Å². The van der Waals surface area contributed by atoms with E-state index in [4.69, 9.17) is 4.42 Å². The summed E-state index contributed by atoms with van der Waals surface area (Å²) >= 11 is 1.93. The van der Waals surface area contributed by atoms with Gasteiger partial charge < -0.3 is 13.8 Å². The summed E-state index contributed by atoms with van der Waals surface area (Å²) < 4.78 is 10.9. The van der Waals surface area contributed by atoms with Crippen LogP contribution >= 0.6 is 11.3 Å². The molecule has 14 rings (SSSR count). The summed E-state index contributed by atoms with van der Waals surface area (Å²) in [5.74, 6) is 0. The largest absolute Gasteiger partial charge is 0.456 e. The molecule has 3 aliphatic rings. The second kappa shape index (κ2) is 11.8. The molecule has 0 N–H and O–H groups in total. The standard InChI is InChI=1S/C57H41BN2OS/c1-56(2,3)33-26-28-43(39(30-33)32-16-7-6-8-17-32)59-44-31-40-34-18-9-12-23-41(34)57(4,5)51(40)50-38-22-15-21-37-48-36-20-11-14-25-47(36)62-55(48)60(53(37)38)58(52(44)50)42-27-29-46-49(54(42)59)35-19-10-13-24-45(35)61-46/h6-31H,1-5H3. The summed E-state index contributed by atoms with van der Waals surface area (Å²) in [4.78, 5) is 3.98. The highest BCUT2D eigenvalue weighted by atomic mass is 32.1. The SMILES string of the molecule is CC(C)(C)c1ccc(N2c3cc4c(c5c3B(c3ccc6oc7ccccc7c6c32)n2c3sc6ccccc6c3c3cccc-5c32)C(C)(C)c2ccccc2-4)c(-c2ccccc2)c1. The number of furan rings is 1. The van der Waals surface area contributed by atoms with E-state index in [2.05, 4.69) is 202 Å². The first-order valence-electron chi connectivity index (χ1n) is 21.9. The molecular formula is C57H41BN2OS. The Kier molecular flexibility index (Phi) is 6.61. The average Bonchev–Trinajstić information content (AvgIpc) is 4.01. The Bertz CT molecular complexity index is 3780. The van der Waals surface area contributed by atoms with Crippen LogP contribution in [0.4, 0.5) is 17.1 Å². The Morgan fingerprint density at radius 2 is 1.34 bits per heavy atom. The first kappa shape index (κ1) is 34.8. The van der Waals surface area contributed by atoms with Gasteiger partial charge in [0.2, 0.25) is 0 Å². The average molecular weight is 813 g/mol. The molecule has 0 amide bonds. The van der Waals surface area contributed by atoms with Gasteiger partial charge in [0.05, 0.1) is 21.6 Å². The molecular weight excluding hydrogens is 772 g/mol. The third-order valence-corrected chi connectivity index (χ3v) is 15.7. The first-order chi connectivity index (χ1) is 30.2. The van der Waals surface area contributed by atoms with Crippen molar-refractivity contribution in [2.75, 3.05) is 4.90 Å². The lowest BCUT2D eigenvalue weighted by molar-refractivity contribution is 0.590. The molecule has 5 heteroatoms. The molecule has 0 bridgehead atoms. The fourth-order valence-corrected chi connectivity index (χ4v) is 13.1. The zero-order valence-electron chi connectivity index (χ0n) is 35.3. The Morgan fingerprint density at radius 3 is 2.19 bits per heavy atom. The van der Waals surface area contributed by atoms with Crippen molar-refractivity contribution in [3.05, 3.63) is 174 Å². The van der Waals surface area contributed by atoms with Crippen molar-refractivity contribution in [2.45, 2.75) is 45.4 Å². The number of fused-ring (bicyclic) bond motifs is 17. The van der Waals surface area contributed by atoms with Crippen LogP contribution in [0.1, 0.15) is 51.3 Å². The van der Waals surface area contributed by atoms with Crippen molar-refractivity contribution >= 4 is 99.3 Å². The van der Waals surface area contributed by atoms with Crippen LogP contribution in [0, 0.1) is 0 Å². The van der Waals surface area contributed by atoms with Crippen molar-refractivity contribution in [3.8, 4) is 33.4 Å². The van der Waals surface area contributed by atoms with Gasteiger partial charge >= 0.3 is 6.85 Å². The van der Waals surface area contributed by atoms with Gasteiger partial charge in [-0.05, 0) is 91.7 Å². The third-order valence-electron chi connectivity index (χ3n) is 14.5. The van der Waals surface area contributed by atoms with E-state index in [-0.39, 0.29) is 17.7 Å². The van der Waals surface area contributed by atoms with Crippen molar-refractivity contribution in [1.82, 2.24) is 4.48 Å². The maximum absolute atomic E-state index is 6.80. The molecule has 0 unspecified atom stereocenters. The number of hydrogen-bond acceptors (Lipinski definition) is 3. The summed E-state index contributed by atoms with van der Waals surface area (Å²) in [7, 11) is 0. The number of benzene rings is 8. The van der Waals surface area contributed by atoms with E-state index in [0.717, 1.165) is 27.6 Å². The fourth-order valence-electron chi connectivity index (χ4n) is 11.8. The lowest BCUT2D eigenvalue weighted by Crippen LogP contribution is -2.57. The predicted molar refractivity (Wildman–Crippen MR) is 264 cm³/mol. The number of nitrogens with zero attached hydrogens (tertiary/aromatic N) is 2. The molecule has 0 saturated heterocycles. The topological polar surface area (TPSA) is 21.3 Å². The number of aromatic nitrogens is 1. The number of thiophene rings is 1. The molecule has 62 heavy (non-hydrogen) atoms. The number of anilines is 3. The van der Waals surface area contributed by atoms with Gasteiger partial charge in [-0.15, -0.1) is 11.3 Å². The molecule has 0 spiro atoms. The minimum absolute atomic E-state index is 0.0395. The zero-order valence-corrected chi connectivity index (χ0v) is 36.1. The fraction of sp³-hybridized carbons (Fsp3) is 0.123. The second-order valence-electron chi connectivity index (χ2n) is 19.2. The van der Waals surface area contributed by atoms with Gasteiger partial charge in [-0.25, -0.2) is 0 Å². The normalized spacial score (nSPS) is 14.6. The summed E-state index contributed by atoms with van der Waals surface area (Å²) in [6.07, 6.45) is 0. The van der Waals surface area contributed by atoms with Crippen molar-refractivity contribution < 1.29 is 4.42 Å². The van der Waals surface area contributed by atoms with E-state index in [9.17, 15) is 0 Å². The molecule has 1 aliphatic carbocycles. The number of rotatable bonds is 2. The van der Waals surface area contributed by atoms with Gasteiger partial charge in [-0.1, -0.05) is 156 Å². The summed E-state index contributed by atoms with van der Waals surface area (Å²) in [6.45, 7) is 11.8. The summed E-state index contributed by atoms with van der Waals surface area (Å²) in [5, 5.41) is 6.31. The molecule has 3 nitrogen and oxygen atoms in total. The maximum Gasteiger partial charge on any atom is 0.333 e. The Hall–Kier alpha value is -6.82. The van der Waals surface area contributed by atoms with E-state index in [1.165, 1.54) is 104 Å². The van der Waals surface area contributed by atoms with Crippen LogP contribution in [0.15, 0.2) is 162 Å². The maximum atomic E-state index is 6.80. The van der Waals surface area contributed by atoms with Gasteiger partial charge in [0, 0.05) is 54.0 Å². The predicted octanol–water partition coefficient (Wildman–Crippen LogP) is 14.6. The van der Waals surface area contributed by atoms with Gasteiger partial charge in [0.25, 0.3) is 0 Å². The summed E-state index contributed by atoms with van der Waals surface area (Å²) in [6, 6.07) is 59.3. The number of hydrogen-bond donors (Lipinski definition) is 0. The summed E-state index contributed by atoms with van der Waals surface area (Å²) in [5.41, 5.74) is 21.0. The lowest BCUT2D eigenvalue weighted by atomic mass is 9.44. The molecule has 8 aromatic carbocycles. The van der Waals surface area contributed by atoms with Gasteiger partial charge in [0.15, 0.2) is 0 Å². The molecule has 0 saturated carbocycles. The highest BCUT2D eigenvalue weighted by Gasteiger charge is 2.49.